The summed E-state index contributed by atoms with van der Waals surface area (Å²) >= 11 is 0. The van der Waals surface area contributed by atoms with Crippen LogP contribution in [0.4, 0.5) is 4.39 Å². The molecule has 0 aliphatic heterocycles. The molecule has 1 aromatic heterocycles. The normalized spacial score (nSPS) is 27.1. The van der Waals surface area contributed by atoms with Gasteiger partial charge in [-0.3, -0.25) is 4.98 Å². The molecule has 2 fully saturated rings. The van der Waals surface area contributed by atoms with Gasteiger partial charge in [0.15, 0.2) is 0 Å². The summed E-state index contributed by atoms with van der Waals surface area (Å²) in [7, 11) is 0. The molecule has 2 aliphatic carbocycles. The predicted octanol–water partition coefficient (Wildman–Crippen LogP) is 5.56. The molecule has 2 aliphatic rings. The predicted molar refractivity (Wildman–Crippen MR) is 101 cm³/mol. The van der Waals surface area contributed by atoms with Crippen LogP contribution in [-0.4, -0.2) is 15.9 Å². The molecule has 3 nitrogen and oxygen atoms in total. The number of allylic oxidation sites excluding steroid dienone is 1. The van der Waals surface area contributed by atoms with Crippen LogP contribution in [0.3, 0.4) is 0 Å². The van der Waals surface area contributed by atoms with Crippen molar-refractivity contribution in [1.82, 2.24) is 4.98 Å². The van der Waals surface area contributed by atoms with E-state index >= 15 is 0 Å². The molecule has 3 atom stereocenters. The van der Waals surface area contributed by atoms with E-state index in [4.69, 9.17) is 0 Å². The van der Waals surface area contributed by atoms with E-state index in [0.29, 0.717) is 11.8 Å². The summed E-state index contributed by atoms with van der Waals surface area (Å²) < 4.78 is 13.4. The summed E-state index contributed by atoms with van der Waals surface area (Å²) in [5.74, 6) is 1.23. The number of halogens is 1. The fourth-order valence-electron chi connectivity index (χ4n) is 4.52. The molecule has 1 aromatic carbocycles. The van der Waals surface area contributed by atoms with Crippen LogP contribution in [0.1, 0.15) is 37.8 Å². The minimum absolute atomic E-state index is 0.218. The van der Waals surface area contributed by atoms with Crippen LogP contribution in [0.2, 0.25) is 0 Å². The first-order valence-corrected chi connectivity index (χ1v) is 9.35. The van der Waals surface area contributed by atoms with E-state index < -0.39 is 0 Å². The van der Waals surface area contributed by atoms with Crippen molar-refractivity contribution in [2.75, 3.05) is 0 Å². The maximum atomic E-state index is 13.4. The van der Waals surface area contributed by atoms with E-state index in [1.165, 1.54) is 37.8 Å². The Hall–Kier alpha value is -2.49. The molecule has 0 amide bonds. The molecule has 2 saturated carbocycles. The van der Waals surface area contributed by atoms with Gasteiger partial charge in [-0.15, -0.1) is 0 Å². The van der Waals surface area contributed by atoms with Crippen LogP contribution in [0, 0.1) is 23.6 Å². The van der Waals surface area contributed by atoms with E-state index in [-0.39, 0.29) is 11.7 Å². The number of pyridine rings is 1. The second kappa shape index (κ2) is 7.40. The van der Waals surface area contributed by atoms with Crippen molar-refractivity contribution in [3.8, 4) is 11.1 Å². The highest BCUT2D eigenvalue weighted by atomic mass is 19.1. The maximum absolute atomic E-state index is 13.4. The number of aromatic nitrogens is 1. The van der Waals surface area contributed by atoms with E-state index in [9.17, 15) is 9.60 Å². The fourth-order valence-corrected chi connectivity index (χ4v) is 4.52. The van der Waals surface area contributed by atoms with Gasteiger partial charge in [-0.2, -0.15) is 0 Å². The first-order valence-electron chi connectivity index (χ1n) is 9.35. The van der Waals surface area contributed by atoms with Gasteiger partial charge in [-0.25, -0.2) is 4.39 Å². The third-order valence-corrected chi connectivity index (χ3v) is 5.83. The van der Waals surface area contributed by atoms with Crippen LogP contribution in [0.25, 0.3) is 17.2 Å². The molecule has 4 heteroatoms. The third-order valence-electron chi connectivity index (χ3n) is 5.83. The lowest BCUT2D eigenvalue weighted by Gasteiger charge is -2.27. The second-order valence-corrected chi connectivity index (χ2v) is 7.37. The Morgan fingerprint density at radius 1 is 1.12 bits per heavy atom. The Morgan fingerprint density at radius 3 is 2.77 bits per heavy atom. The van der Waals surface area contributed by atoms with Crippen molar-refractivity contribution in [3.63, 3.8) is 0 Å². The molecular weight excluding hydrogens is 327 g/mol. The largest absolute Gasteiger partial charge is 0.411 e. The van der Waals surface area contributed by atoms with Crippen LogP contribution < -0.4 is 0 Å². The van der Waals surface area contributed by atoms with Crippen molar-refractivity contribution in [2.45, 2.75) is 32.1 Å². The number of hydrogen-bond acceptors (Lipinski definition) is 3. The standard InChI is InChI=1S/C22H23FN2O/c23-18-6-3-5-15(12-18)17-8-9-19(24-14-17)10-11-21-20-7-2-1-4-16(20)13-22(21)25-26/h3,5-6,8-12,14,16,20-21,26H,1-2,4,7,13H2/b11-10+,25-22-. The van der Waals surface area contributed by atoms with Gasteiger partial charge in [-0.05, 0) is 60.9 Å². The molecule has 1 heterocycles. The monoisotopic (exact) mass is 350 g/mol. The van der Waals surface area contributed by atoms with E-state index in [0.717, 1.165) is 29.0 Å². The molecule has 4 rings (SSSR count). The third kappa shape index (κ3) is 3.41. The molecule has 1 N–H and O–H groups in total. The topological polar surface area (TPSA) is 45.5 Å². The Bertz CT molecular complexity index is 828. The zero-order valence-electron chi connectivity index (χ0n) is 14.7. The Labute approximate surface area is 153 Å². The number of nitrogens with zero attached hydrogens (tertiary/aromatic N) is 2. The SMILES string of the molecule is O/N=C1/CC2CCCCC2C1/C=C/c1ccc(-c2cccc(F)c2)cn1. The highest BCUT2D eigenvalue weighted by molar-refractivity contribution is 5.91. The Kier molecular flexibility index (Phi) is 4.83. The summed E-state index contributed by atoms with van der Waals surface area (Å²) in [4.78, 5) is 4.49. The Morgan fingerprint density at radius 2 is 2.00 bits per heavy atom. The summed E-state index contributed by atoms with van der Waals surface area (Å²) in [6.45, 7) is 0. The molecule has 0 bridgehead atoms. The highest BCUT2D eigenvalue weighted by Crippen LogP contribution is 2.45. The maximum Gasteiger partial charge on any atom is 0.123 e. The summed E-state index contributed by atoms with van der Waals surface area (Å²) in [5.41, 5.74) is 3.49. The average Bonchev–Trinajstić information content (AvgIpc) is 3.04. The first kappa shape index (κ1) is 17.0. The lowest BCUT2D eigenvalue weighted by atomic mass is 9.78. The number of rotatable bonds is 3. The zero-order valence-corrected chi connectivity index (χ0v) is 14.7. The van der Waals surface area contributed by atoms with Gasteiger partial charge < -0.3 is 5.21 Å². The van der Waals surface area contributed by atoms with Gasteiger partial charge in [0.2, 0.25) is 0 Å². The summed E-state index contributed by atoms with van der Waals surface area (Å²) in [6.07, 6.45) is 11.9. The van der Waals surface area contributed by atoms with Crippen LogP contribution in [-0.2, 0) is 0 Å². The van der Waals surface area contributed by atoms with Gasteiger partial charge in [0.25, 0.3) is 0 Å². The Balaban J connectivity index is 1.51. The van der Waals surface area contributed by atoms with Gasteiger partial charge in [0.05, 0.1) is 11.4 Å². The van der Waals surface area contributed by atoms with Gasteiger partial charge in [0, 0.05) is 17.7 Å². The van der Waals surface area contributed by atoms with Crippen molar-refractivity contribution >= 4 is 11.8 Å². The molecule has 134 valence electrons. The molecule has 26 heavy (non-hydrogen) atoms. The van der Waals surface area contributed by atoms with Gasteiger partial charge >= 0.3 is 0 Å². The molecule has 0 spiro atoms. The zero-order chi connectivity index (χ0) is 17.9. The van der Waals surface area contributed by atoms with Crippen LogP contribution in [0.15, 0.2) is 53.8 Å². The van der Waals surface area contributed by atoms with Gasteiger partial charge in [-0.1, -0.05) is 42.3 Å². The molecular formula is C22H23FN2O. The molecule has 3 unspecified atom stereocenters. The van der Waals surface area contributed by atoms with Crippen molar-refractivity contribution in [2.24, 2.45) is 22.9 Å². The number of benzene rings is 1. The second-order valence-electron chi connectivity index (χ2n) is 7.37. The van der Waals surface area contributed by atoms with E-state index in [2.05, 4.69) is 16.2 Å². The van der Waals surface area contributed by atoms with Crippen molar-refractivity contribution < 1.29 is 9.60 Å². The van der Waals surface area contributed by atoms with Crippen molar-refractivity contribution in [1.29, 1.82) is 0 Å². The molecule has 0 radical (unpaired) electrons. The number of hydrogen-bond donors (Lipinski definition) is 1. The fraction of sp³-hybridized carbons (Fsp3) is 0.364. The lowest BCUT2D eigenvalue weighted by molar-refractivity contribution is 0.252. The minimum atomic E-state index is -0.245. The van der Waals surface area contributed by atoms with E-state index in [1.807, 2.05) is 24.3 Å². The molecule has 0 saturated heterocycles. The van der Waals surface area contributed by atoms with Gasteiger partial charge in [0.1, 0.15) is 5.82 Å². The van der Waals surface area contributed by atoms with Crippen LogP contribution in [0.5, 0.6) is 0 Å². The molecule has 2 aromatic rings. The summed E-state index contributed by atoms with van der Waals surface area (Å²) in [6, 6.07) is 10.4. The smallest absolute Gasteiger partial charge is 0.123 e. The average molecular weight is 350 g/mol. The summed E-state index contributed by atoms with van der Waals surface area (Å²) in [5, 5.41) is 13.0. The van der Waals surface area contributed by atoms with Crippen molar-refractivity contribution in [3.05, 3.63) is 60.2 Å². The van der Waals surface area contributed by atoms with E-state index in [1.54, 1.807) is 12.3 Å². The number of oxime groups is 1. The minimum Gasteiger partial charge on any atom is -0.411 e. The highest BCUT2D eigenvalue weighted by Gasteiger charge is 2.40. The van der Waals surface area contributed by atoms with Crippen LogP contribution >= 0.6 is 0 Å². The first-order chi connectivity index (χ1) is 12.7. The number of fused-ring (bicyclic) bond motifs is 1. The quantitative estimate of drug-likeness (QED) is 0.582. The lowest BCUT2D eigenvalue weighted by Crippen LogP contribution is -2.19.